The number of phenols is 1. The number of amides is 1. The second kappa shape index (κ2) is 6.51. The van der Waals surface area contributed by atoms with Crippen molar-refractivity contribution in [2.75, 3.05) is 5.32 Å². The van der Waals surface area contributed by atoms with Crippen molar-refractivity contribution in [3.8, 4) is 5.75 Å². The van der Waals surface area contributed by atoms with Gasteiger partial charge in [0.25, 0.3) is 5.91 Å². The highest BCUT2D eigenvalue weighted by Crippen LogP contribution is 2.43. The summed E-state index contributed by atoms with van der Waals surface area (Å²) >= 11 is 0. The lowest BCUT2D eigenvalue weighted by Gasteiger charge is -2.37. The molecule has 3 rings (SSSR count). The Morgan fingerprint density at radius 3 is 2.04 bits per heavy atom. The second-order valence-corrected chi connectivity index (χ2v) is 8.48. The molecule has 5 nitrogen and oxygen atoms in total. The summed E-state index contributed by atoms with van der Waals surface area (Å²) in [7, 11) is 0. The van der Waals surface area contributed by atoms with E-state index in [1.165, 1.54) is 23.8 Å². The van der Waals surface area contributed by atoms with Crippen LogP contribution in [0.5, 0.6) is 5.75 Å². The minimum Gasteiger partial charge on any atom is -0.507 e. The minimum absolute atomic E-state index is 0.0867. The number of aromatic hydroxyl groups is 1. The van der Waals surface area contributed by atoms with Crippen LogP contribution in [0.2, 0.25) is 0 Å². The fourth-order valence-corrected chi connectivity index (χ4v) is 3.55. The van der Waals surface area contributed by atoms with E-state index >= 15 is 0 Å². The van der Waals surface area contributed by atoms with E-state index in [9.17, 15) is 14.7 Å². The first-order valence-corrected chi connectivity index (χ1v) is 9.16. The van der Waals surface area contributed by atoms with Gasteiger partial charge in [-0.05, 0) is 47.9 Å². The fourth-order valence-electron chi connectivity index (χ4n) is 3.55. The average molecular weight is 379 g/mol. The molecule has 2 aromatic rings. The van der Waals surface area contributed by atoms with Crippen LogP contribution < -0.4 is 5.32 Å². The van der Waals surface area contributed by atoms with Gasteiger partial charge < -0.3 is 15.5 Å². The first kappa shape index (κ1) is 19.7. The number of hydrogen-bond donors (Lipinski definition) is 3. The zero-order valence-corrected chi connectivity index (χ0v) is 16.8. The molecule has 5 heteroatoms. The third-order valence-corrected chi connectivity index (χ3v) is 5.41. The van der Waals surface area contributed by atoms with E-state index in [4.69, 9.17) is 5.11 Å². The average Bonchev–Trinajstić information content (AvgIpc) is 2.60. The molecular formula is C23H25NO4. The van der Waals surface area contributed by atoms with Crippen LogP contribution in [0.4, 0.5) is 5.69 Å². The van der Waals surface area contributed by atoms with Crippen molar-refractivity contribution < 1.29 is 19.8 Å². The fraction of sp³-hybridized carbons (Fsp3) is 0.304. The number of fused-ring (bicyclic) bond motifs is 1. The van der Waals surface area contributed by atoms with Gasteiger partial charge in [0.2, 0.25) is 0 Å². The Morgan fingerprint density at radius 1 is 0.929 bits per heavy atom. The molecule has 3 N–H and O–H groups in total. The van der Waals surface area contributed by atoms with Gasteiger partial charge in [0.1, 0.15) is 11.3 Å². The Kier molecular flexibility index (Phi) is 4.58. The van der Waals surface area contributed by atoms with Crippen molar-refractivity contribution >= 4 is 17.6 Å². The number of nitrogens with one attached hydrogen (secondary N) is 1. The number of rotatable bonds is 3. The lowest BCUT2D eigenvalue weighted by Crippen LogP contribution is -2.29. The van der Waals surface area contributed by atoms with Gasteiger partial charge in [-0.3, -0.25) is 4.79 Å². The van der Waals surface area contributed by atoms with E-state index in [1.807, 2.05) is 13.0 Å². The van der Waals surface area contributed by atoms with Crippen LogP contribution in [0.25, 0.3) is 0 Å². The molecule has 0 bridgehead atoms. The molecule has 1 aliphatic rings. The molecular weight excluding hydrogens is 354 g/mol. The monoisotopic (exact) mass is 379 g/mol. The summed E-state index contributed by atoms with van der Waals surface area (Å²) in [6.07, 6.45) is 4.42. The van der Waals surface area contributed by atoms with E-state index in [-0.39, 0.29) is 22.0 Å². The van der Waals surface area contributed by atoms with Gasteiger partial charge in [0.15, 0.2) is 0 Å². The van der Waals surface area contributed by atoms with Crippen LogP contribution >= 0.6 is 0 Å². The molecule has 0 radical (unpaired) electrons. The Bertz CT molecular complexity index is 1020. The molecule has 0 atom stereocenters. The molecule has 0 aliphatic heterocycles. The summed E-state index contributed by atoms with van der Waals surface area (Å²) in [4.78, 5) is 23.7. The SMILES string of the molecule is Cc1cc2c(cc1NC(=O)c1ccc(C(=O)O)c(O)c1)C(C)(C)C=CC2(C)C. The minimum atomic E-state index is -1.24. The van der Waals surface area contributed by atoms with Crippen LogP contribution in [0.15, 0.2) is 42.5 Å². The summed E-state index contributed by atoms with van der Waals surface area (Å²) < 4.78 is 0. The van der Waals surface area contributed by atoms with Crippen LogP contribution in [-0.2, 0) is 10.8 Å². The lowest BCUT2D eigenvalue weighted by atomic mass is 9.67. The molecule has 0 heterocycles. The van der Waals surface area contributed by atoms with Gasteiger partial charge in [-0.2, -0.15) is 0 Å². The van der Waals surface area contributed by atoms with Crippen LogP contribution in [0.3, 0.4) is 0 Å². The molecule has 28 heavy (non-hydrogen) atoms. The van der Waals surface area contributed by atoms with Crippen molar-refractivity contribution in [2.24, 2.45) is 0 Å². The van der Waals surface area contributed by atoms with Crippen LogP contribution in [0, 0.1) is 6.92 Å². The summed E-state index contributed by atoms with van der Waals surface area (Å²) in [5.74, 6) is -2.08. The molecule has 0 unspecified atom stereocenters. The Morgan fingerprint density at radius 2 is 1.50 bits per heavy atom. The number of carbonyl (C=O) groups is 2. The maximum absolute atomic E-state index is 12.7. The van der Waals surface area contributed by atoms with Crippen molar-refractivity contribution in [2.45, 2.75) is 45.4 Å². The number of anilines is 1. The molecule has 0 saturated carbocycles. The summed E-state index contributed by atoms with van der Waals surface area (Å²) in [6, 6.07) is 7.91. The summed E-state index contributed by atoms with van der Waals surface area (Å²) in [5.41, 5.74) is 3.75. The summed E-state index contributed by atoms with van der Waals surface area (Å²) in [6.45, 7) is 10.6. The van der Waals surface area contributed by atoms with E-state index in [1.54, 1.807) is 0 Å². The standard InChI is InChI=1S/C23H25NO4/c1-13-10-16-17(23(4,5)9-8-22(16,2)3)12-18(13)24-20(26)14-6-7-15(21(27)28)19(25)11-14/h6-12,25H,1-5H3,(H,24,26)(H,27,28). The molecule has 0 spiro atoms. The second-order valence-electron chi connectivity index (χ2n) is 8.48. The van der Waals surface area contributed by atoms with Gasteiger partial charge in [0, 0.05) is 22.1 Å². The van der Waals surface area contributed by atoms with Crippen molar-refractivity contribution in [1.29, 1.82) is 0 Å². The third-order valence-electron chi connectivity index (χ3n) is 5.41. The molecule has 0 aromatic heterocycles. The number of hydrogen-bond acceptors (Lipinski definition) is 3. The van der Waals surface area contributed by atoms with Crippen molar-refractivity contribution in [3.63, 3.8) is 0 Å². The smallest absolute Gasteiger partial charge is 0.339 e. The number of aryl methyl sites for hydroxylation is 1. The first-order chi connectivity index (χ1) is 12.9. The highest BCUT2D eigenvalue weighted by molar-refractivity contribution is 6.06. The van der Waals surface area contributed by atoms with E-state index in [0.29, 0.717) is 5.69 Å². The van der Waals surface area contributed by atoms with Gasteiger partial charge >= 0.3 is 5.97 Å². The number of carboxylic acids is 1. The number of allylic oxidation sites excluding steroid dienone is 2. The Balaban J connectivity index is 1.97. The highest BCUT2D eigenvalue weighted by Gasteiger charge is 2.33. The highest BCUT2D eigenvalue weighted by atomic mass is 16.4. The predicted octanol–water partition coefficient (Wildman–Crippen LogP) is 4.78. The predicted molar refractivity (Wildman–Crippen MR) is 109 cm³/mol. The van der Waals surface area contributed by atoms with Gasteiger partial charge in [-0.15, -0.1) is 0 Å². The quantitative estimate of drug-likeness (QED) is 0.670. The van der Waals surface area contributed by atoms with E-state index in [2.05, 4.69) is 51.2 Å². The maximum atomic E-state index is 12.7. The van der Waals surface area contributed by atoms with Crippen molar-refractivity contribution in [3.05, 3.63) is 70.3 Å². The molecule has 1 amide bonds. The topological polar surface area (TPSA) is 86.6 Å². The van der Waals surface area contributed by atoms with Gasteiger partial charge in [-0.1, -0.05) is 45.9 Å². The number of carbonyl (C=O) groups excluding carboxylic acids is 1. The van der Waals surface area contributed by atoms with Gasteiger partial charge in [0.05, 0.1) is 0 Å². The molecule has 0 saturated heterocycles. The zero-order valence-electron chi connectivity index (χ0n) is 16.8. The summed E-state index contributed by atoms with van der Waals surface area (Å²) in [5, 5.41) is 21.7. The Hall–Kier alpha value is -3.08. The molecule has 146 valence electrons. The van der Waals surface area contributed by atoms with Gasteiger partial charge in [-0.25, -0.2) is 4.79 Å². The molecule has 2 aromatic carbocycles. The van der Waals surface area contributed by atoms with E-state index < -0.39 is 17.6 Å². The Labute approximate surface area is 164 Å². The molecule has 0 fully saturated rings. The van der Waals surface area contributed by atoms with Crippen molar-refractivity contribution in [1.82, 2.24) is 0 Å². The lowest BCUT2D eigenvalue weighted by molar-refractivity contribution is 0.0693. The van der Waals surface area contributed by atoms with Crippen LogP contribution in [-0.4, -0.2) is 22.1 Å². The zero-order chi connectivity index (χ0) is 20.9. The van der Waals surface area contributed by atoms with E-state index in [0.717, 1.165) is 11.1 Å². The molecule has 1 aliphatic carbocycles. The van der Waals surface area contributed by atoms with Crippen LogP contribution in [0.1, 0.15) is 65.1 Å². The number of aromatic carboxylic acids is 1. The first-order valence-electron chi connectivity index (χ1n) is 9.16. The normalized spacial score (nSPS) is 16.3. The maximum Gasteiger partial charge on any atom is 0.339 e. The third kappa shape index (κ3) is 3.40. The largest absolute Gasteiger partial charge is 0.507 e. The number of benzene rings is 2. The number of carboxylic acid groups (broad SMARTS) is 1.